The number of nitrogens with one attached hydrogen (secondary N) is 2. The first-order valence-electron chi connectivity index (χ1n) is 10.7. The Hall–Kier alpha value is -3.42. The molecule has 1 aliphatic heterocycles. The first-order valence-corrected chi connectivity index (χ1v) is 12.1. The van der Waals surface area contributed by atoms with Gasteiger partial charge in [-0.05, 0) is 55.0 Å². The summed E-state index contributed by atoms with van der Waals surface area (Å²) >= 11 is 7.61. The van der Waals surface area contributed by atoms with E-state index in [0.717, 1.165) is 21.4 Å². The molecule has 2 heterocycles. The average Bonchev–Trinajstić information content (AvgIpc) is 3.22. The summed E-state index contributed by atoms with van der Waals surface area (Å²) in [7, 11) is 0. The maximum Gasteiger partial charge on any atom is 0.287 e. The van der Waals surface area contributed by atoms with E-state index in [9.17, 15) is 9.59 Å². The van der Waals surface area contributed by atoms with Crippen molar-refractivity contribution < 1.29 is 18.7 Å². The van der Waals surface area contributed by atoms with Gasteiger partial charge in [-0.2, -0.15) is 0 Å². The van der Waals surface area contributed by atoms with Gasteiger partial charge in [-0.1, -0.05) is 35.9 Å². The Balaban J connectivity index is 1.38. The molecule has 34 heavy (non-hydrogen) atoms. The number of furan rings is 1. The van der Waals surface area contributed by atoms with Crippen molar-refractivity contribution in [2.75, 3.05) is 11.9 Å². The smallest absolute Gasteiger partial charge is 0.287 e. The lowest BCUT2D eigenvalue weighted by Gasteiger charge is -2.20. The average molecular weight is 493 g/mol. The normalized spacial score (nSPS) is 13.6. The maximum atomic E-state index is 13.3. The van der Waals surface area contributed by atoms with Crippen LogP contribution in [-0.2, 0) is 10.5 Å². The SMILES string of the molecule is CC(NC(=O)c1oc2ccccc2c1CSc1ccc(Cl)cc1)c1ccc2c(c1)NC(=O)CO2. The van der Waals surface area contributed by atoms with Crippen LogP contribution >= 0.6 is 23.4 Å². The van der Waals surface area contributed by atoms with E-state index < -0.39 is 0 Å². The highest BCUT2D eigenvalue weighted by atomic mass is 35.5. The molecule has 0 bridgehead atoms. The number of carbonyl (C=O) groups excluding carboxylic acids is 2. The zero-order valence-electron chi connectivity index (χ0n) is 18.3. The number of benzene rings is 3. The Morgan fingerprint density at radius 3 is 2.76 bits per heavy atom. The van der Waals surface area contributed by atoms with Crippen LogP contribution in [0.25, 0.3) is 11.0 Å². The number of hydrogen-bond acceptors (Lipinski definition) is 5. The van der Waals surface area contributed by atoms with Crippen molar-refractivity contribution in [3.05, 3.63) is 88.6 Å². The zero-order chi connectivity index (χ0) is 23.7. The standard InChI is InChI=1S/C26H21ClN2O4S/c1-15(16-6-11-23-21(12-16)29-24(30)13-32-23)28-26(31)25-20(19-4-2-3-5-22(19)33-25)14-34-18-9-7-17(27)8-10-18/h2-12,15H,13-14H2,1H3,(H,28,31)(H,29,30). The first-order chi connectivity index (χ1) is 16.5. The monoisotopic (exact) mass is 492 g/mol. The molecule has 4 aromatic rings. The fraction of sp³-hybridized carbons (Fsp3) is 0.154. The Labute approximate surface area is 205 Å². The summed E-state index contributed by atoms with van der Waals surface area (Å²) in [4.78, 5) is 26.0. The van der Waals surface area contributed by atoms with Gasteiger partial charge in [0.2, 0.25) is 0 Å². The number of rotatable bonds is 6. The number of para-hydroxylation sites is 1. The molecule has 3 aromatic carbocycles. The third-order valence-corrected chi connectivity index (χ3v) is 6.88. The fourth-order valence-corrected chi connectivity index (χ4v) is 4.88. The molecule has 0 saturated carbocycles. The van der Waals surface area contributed by atoms with Crippen molar-refractivity contribution in [2.24, 2.45) is 0 Å². The van der Waals surface area contributed by atoms with E-state index in [2.05, 4.69) is 10.6 Å². The molecular weight excluding hydrogens is 472 g/mol. The highest BCUT2D eigenvalue weighted by Gasteiger charge is 2.23. The van der Waals surface area contributed by atoms with Gasteiger partial charge in [-0.25, -0.2) is 0 Å². The van der Waals surface area contributed by atoms with E-state index in [0.29, 0.717) is 33.6 Å². The van der Waals surface area contributed by atoms with Gasteiger partial charge < -0.3 is 19.8 Å². The number of fused-ring (bicyclic) bond motifs is 2. The van der Waals surface area contributed by atoms with Crippen LogP contribution in [0.1, 0.15) is 34.6 Å². The first kappa shape index (κ1) is 22.4. The van der Waals surface area contributed by atoms with Crippen molar-refractivity contribution >= 4 is 51.8 Å². The predicted octanol–water partition coefficient (Wildman–Crippen LogP) is 6.20. The minimum absolute atomic E-state index is 0.00149. The van der Waals surface area contributed by atoms with Crippen LogP contribution in [0.2, 0.25) is 5.02 Å². The molecule has 1 unspecified atom stereocenters. The Morgan fingerprint density at radius 1 is 1.15 bits per heavy atom. The number of ether oxygens (including phenoxy) is 1. The molecule has 1 atom stereocenters. The quantitative estimate of drug-likeness (QED) is 0.313. The van der Waals surface area contributed by atoms with E-state index in [-0.39, 0.29) is 24.5 Å². The van der Waals surface area contributed by atoms with E-state index in [1.165, 1.54) is 0 Å². The summed E-state index contributed by atoms with van der Waals surface area (Å²) in [6.07, 6.45) is 0. The lowest BCUT2D eigenvalue weighted by molar-refractivity contribution is -0.118. The molecule has 2 amide bonds. The molecule has 6 nitrogen and oxygen atoms in total. The second-order valence-corrected chi connectivity index (χ2v) is 9.42. The summed E-state index contributed by atoms with van der Waals surface area (Å²) in [5, 5.41) is 7.41. The van der Waals surface area contributed by atoms with Gasteiger partial charge in [0.05, 0.1) is 11.7 Å². The van der Waals surface area contributed by atoms with Gasteiger partial charge in [0, 0.05) is 26.6 Å². The van der Waals surface area contributed by atoms with Crippen LogP contribution in [-0.4, -0.2) is 18.4 Å². The van der Waals surface area contributed by atoms with Crippen molar-refractivity contribution in [2.45, 2.75) is 23.6 Å². The minimum Gasteiger partial charge on any atom is -0.482 e. The van der Waals surface area contributed by atoms with Crippen LogP contribution in [0.4, 0.5) is 5.69 Å². The topological polar surface area (TPSA) is 80.6 Å². The molecular formula is C26H21ClN2O4S. The van der Waals surface area contributed by atoms with Crippen LogP contribution in [0, 0.1) is 0 Å². The largest absolute Gasteiger partial charge is 0.482 e. The van der Waals surface area contributed by atoms with Crippen LogP contribution in [0.3, 0.4) is 0 Å². The van der Waals surface area contributed by atoms with Crippen molar-refractivity contribution in [3.8, 4) is 5.75 Å². The number of halogens is 1. The van der Waals surface area contributed by atoms with E-state index in [1.54, 1.807) is 17.8 Å². The molecule has 1 aliphatic rings. The Bertz CT molecular complexity index is 1380. The van der Waals surface area contributed by atoms with Crippen molar-refractivity contribution in [1.29, 1.82) is 0 Å². The third-order valence-electron chi connectivity index (χ3n) is 5.59. The summed E-state index contributed by atoms with van der Waals surface area (Å²) in [6.45, 7) is 1.89. The number of amides is 2. The number of carbonyl (C=O) groups is 2. The molecule has 1 aromatic heterocycles. The Kier molecular flexibility index (Phi) is 6.22. The molecule has 0 radical (unpaired) electrons. The van der Waals surface area contributed by atoms with Gasteiger partial charge >= 0.3 is 0 Å². The van der Waals surface area contributed by atoms with Crippen LogP contribution in [0.5, 0.6) is 5.75 Å². The summed E-state index contributed by atoms with van der Waals surface area (Å²) < 4.78 is 11.4. The predicted molar refractivity (Wildman–Crippen MR) is 134 cm³/mol. The van der Waals surface area contributed by atoms with Crippen molar-refractivity contribution in [1.82, 2.24) is 5.32 Å². The summed E-state index contributed by atoms with van der Waals surface area (Å²) in [6, 6.07) is 20.4. The summed E-state index contributed by atoms with van der Waals surface area (Å²) in [5.74, 6) is 0.975. The third kappa shape index (κ3) is 4.62. The summed E-state index contributed by atoms with van der Waals surface area (Å²) in [5.41, 5.74) is 2.94. The van der Waals surface area contributed by atoms with Gasteiger partial charge in [0.15, 0.2) is 12.4 Å². The molecule has 8 heteroatoms. The number of thioether (sulfide) groups is 1. The van der Waals surface area contributed by atoms with E-state index >= 15 is 0 Å². The van der Waals surface area contributed by atoms with Gasteiger partial charge in [-0.15, -0.1) is 11.8 Å². The van der Waals surface area contributed by atoms with Gasteiger partial charge in [0.1, 0.15) is 11.3 Å². The lowest BCUT2D eigenvalue weighted by atomic mass is 10.1. The van der Waals surface area contributed by atoms with Gasteiger partial charge in [0.25, 0.3) is 11.8 Å². The molecule has 0 saturated heterocycles. The van der Waals surface area contributed by atoms with E-state index in [1.807, 2.05) is 67.6 Å². The molecule has 172 valence electrons. The minimum atomic E-state index is -0.318. The lowest BCUT2D eigenvalue weighted by Crippen LogP contribution is -2.28. The molecule has 5 rings (SSSR count). The Morgan fingerprint density at radius 2 is 1.94 bits per heavy atom. The molecule has 0 fully saturated rings. The number of hydrogen-bond donors (Lipinski definition) is 2. The second-order valence-electron chi connectivity index (χ2n) is 7.94. The highest BCUT2D eigenvalue weighted by molar-refractivity contribution is 7.98. The zero-order valence-corrected chi connectivity index (χ0v) is 19.8. The molecule has 0 aliphatic carbocycles. The number of anilines is 1. The molecule has 0 spiro atoms. The molecule has 2 N–H and O–H groups in total. The van der Waals surface area contributed by atoms with Crippen LogP contribution in [0.15, 0.2) is 76.0 Å². The van der Waals surface area contributed by atoms with E-state index in [4.69, 9.17) is 20.8 Å². The highest BCUT2D eigenvalue weighted by Crippen LogP contribution is 2.34. The fourth-order valence-electron chi connectivity index (χ4n) is 3.83. The van der Waals surface area contributed by atoms with Gasteiger partial charge in [-0.3, -0.25) is 9.59 Å². The van der Waals surface area contributed by atoms with Crippen LogP contribution < -0.4 is 15.4 Å². The van der Waals surface area contributed by atoms with Crippen molar-refractivity contribution in [3.63, 3.8) is 0 Å². The maximum absolute atomic E-state index is 13.3. The second kappa shape index (κ2) is 9.44.